The molecule has 1 fully saturated rings. The average Bonchev–Trinajstić information content (AvgIpc) is 2.45. The summed E-state index contributed by atoms with van der Waals surface area (Å²) in [4.78, 5) is 13.8. The van der Waals surface area contributed by atoms with Crippen LogP contribution in [-0.2, 0) is 14.3 Å². The van der Waals surface area contributed by atoms with Gasteiger partial charge in [0.25, 0.3) is 0 Å². The summed E-state index contributed by atoms with van der Waals surface area (Å²) in [7, 11) is 0. The Morgan fingerprint density at radius 2 is 1.85 bits per heavy atom. The smallest absolute Gasteiger partial charge is 0.248 e. The highest BCUT2D eigenvalue weighted by atomic mass is 35.5. The van der Waals surface area contributed by atoms with E-state index in [9.17, 15) is 4.79 Å². The molecule has 0 bridgehead atoms. The van der Waals surface area contributed by atoms with E-state index in [4.69, 9.17) is 9.47 Å². The van der Waals surface area contributed by atoms with Crippen LogP contribution < -0.4 is 5.32 Å². The van der Waals surface area contributed by atoms with Crippen molar-refractivity contribution in [2.24, 2.45) is 5.92 Å². The van der Waals surface area contributed by atoms with E-state index in [1.54, 1.807) is 0 Å². The van der Waals surface area contributed by atoms with Gasteiger partial charge < -0.3 is 19.7 Å². The molecular formula is C14H29ClN2O3. The summed E-state index contributed by atoms with van der Waals surface area (Å²) in [6, 6.07) is 0. The highest BCUT2D eigenvalue weighted by molar-refractivity contribution is 5.85. The van der Waals surface area contributed by atoms with Gasteiger partial charge >= 0.3 is 0 Å². The molecule has 0 radical (unpaired) electrons. The van der Waals surface area contributed by atoms with E-state index in [0.717, 1.165) is 39.0 Å². The number of likely N-dealkylation sites (tertiary alicyclic amines) is 1. The number of carbonyl (C=O) groups excluding carboxylic acids is 1. The number of rotatable bonds is 9. The van der Waals surface area contributed by atoms with Crippen LogP contribution in [0.3, 0.4) is 0 Å². The molecule has 0 aromatic carbocycles. The Hall–Kier alpha value is -0.360. The second-order valence-electron chi connectivity index (χ2n) is 4.88. The lowest BCUT2D eigenvalue weighted by Crippen LogP contribution is -2.42. The van der Waals surface area contributed by atoms with E-state index in [0.29, 0.717) is 25.7 Å². The fourth-order valence-electron chi connectivity index (χ4n) is 2.25. The summed E-state index contributed by atoms with van der Waals surface area (Å²) in [6.07, 6.45) is 2.19. The van der Waals surface area contributed by atoms with Crippen LogP contribution in [0.15, 0.2) is 0 Å². The molecule has 0 atom stereocenters. The summed E-state index contributed by atoms with van der Waals surface area (Å²) in [5, 5.41) is 3.37. The zero-order chi connectivity index (χ0) is 13.9. The SMILES string of the molecule is CCNCC1CCN(C(=O)COCCOCC)CC1.Cl. The molecule has 6 heteroatoms. The van der Waals surface area contributed by atoms with Gasteiger partial charge in [-0.3, -0.25) is 4.79 Å². The Bertz CT molecular complexity index is 247. The Morgan fingerprint density at radius 3 is 2.45 bits per heavy atom. The Morgan fingerprint density at radius 1 is 1.20 bits per heavy atom. The largest absolute Gasteiger partial charge is 0.379 e. The molecular weight excluding hydrogens is 280 g/mol. The van der Waals surface area contributed by atoms with E-state index < -0.39 is 0 Å². The molecule has 20 heavy (non-hydrogen) atoms. The third-order valence-electron chi connectivity index (χ3n) is 3.45. The van der Waals surface area contributed by atoms with Gasteiger partial charge in [-0.25, -0.2) is 0 Å². The Labute approximate surface area is 128 Å². The van der Waals surface area contributed by atoms with Crippen molar-refractivity contribution in [3.05, 3.63) is 0 Å². The van der Waals surface area contributed by atoms with Gasteiger partial charge in [0.05, 0.1) is 13.2 Å². The van der Waals surface area contributed by atoms with Gasteiger partial charge in [-0.2, -0.15) is 0 Å². The minimum absolute atomic E-state index is 0. The van der Waals surface area contributed by atoms with Crippen molar-refractivity contribution in [2.75, 3.05) is 52.6 Å². The number of amides is 1. The molecule has 1 rings (SSSR count). The van der Waals surface area contributed by atoms with Crippen LogP contribution in [0.1, 0.15) is 26.7 Å². The number of halogens is 1. The molecule has 1 amide bonds. The summed E-state index contributed by atoms with van der Waals surface area (Å²) in [5.74, 6) is 0.821. The van der Waals surface area contributed by atoms with Gasteiger partial charge in [0, 0.05) is 19.7 Å². The summed E-state index contributed by atoms with van der Waals surface area (Å²) < 4.78 is 10.5. The second-order valence-corrected chi connectivity index (χ2v) is 4.88. The van der Waals surface area contributed by atoms with Gasteiger partial charge in [-0.1, -0.05) is 6.92 Å². The molecule has 1 saturated heterocycles. The van der Waals surface area contributed by atoms with Crippen LogP contribution in [0, 0.1) is 5.92 Å². The number of carbonyl (C=O) groups is 1. The van der Waals surface area contributed by atoms with E-state index >= 15 is 0 Å². The van der Waals surface area contributed by atoms with Gasteiger partial charge in [-0.05, 0) is 38.8 Å². The molecule has 1 aliphatic rings. The summed E-state index contributed by atoms with van der Waals surface area (Å²) in [6.45, 7) is 9.83. The van der Waals surface area contributed by atoms with Crippen molar-refractivity contribution in [3.8, 4) is 0 Å². The van der Waals surface area contributed by atoms with Crippen LogP contribution in [0.2, 0.25) is 0 Å². The lowest BCUT2D eigenvalue weighted by atomic mass is 9.97. The number of nitrogens with zero attached hydrogens (tertiary/aromatic N) is 1. The molecule has 0 aromatic rings. The summed E-state index contributed by atoms with van der Waals surface area (Å²) in [5.41, 5.74) is 0. The average molecular weight is 309 g/mol. The van der Waals surface area contributed by atoms with Crippen LogP contribution in [0.4, 0.5) is 0 Å². The number of ether oxygens (including phenoxy) is 2. The van der Waals surface area contributed by atoms with Gasteiger partial charge in [-0.15, -0.1) is 12.4 Å². The maximum Gasteiger partial charge on any atom is 0.248 e. The van der Waals surface area contributed by atoms with E-state index in [2.05, 4.69) is 12.2 Å². The predicted molar refractivity (Wildman–Crippen MR) is 82.4 cm³/mol. The minimum atomic E-state index is 0. The highest BCUT2D eigenvalue weighted by Crippen LogP contribution is 2.16. The topological polar surface area (TPSA) is 50.8 Å². The Kier molecular flexibility index (Phi) is 12.2. The molecule has 0 unspecified atom stereocenters. The fraction of sp³-hybridized carbons (Fsp3) is 0.929. The molecule has 0 spiro atoms. The van der Waals surface area contributed by atoms with Crippen LogP contribution in [0.5, 0.6) is 0 Å². The third-order valence-corrected chi connectivity index (χ3v) is 3.45. The highest BCUT2D eigenvalue weighted by Gasteiger charge is 2.22. The molecule has 1 aliphatic heterocycles. The quantitative estimate of drug-likeness (QED) is 0.653. The maximum atomic E-state index is 11.9. The molecule has 120 valence electrons. The molecule has 5 nitrogen and oxygen atoms in total. The number of hydrogen-bond donors (Lipinski definition) is 1. The first-order valence-corrected chi connectivity index (χ1v) is 7.41. The number of hydrogen-bond acceptors (Lipinski definition) is 4. The molecule has 0 aliphatic carbocycles. The van der Waals surface area contributed by atoms with Crippen molar-refractivity contribution in [1.82, 2.24) is 10.2 Å². The monoisotopic (exact) mass is 308 g/mol. The van der Waals surface area contributed by atoms with E-state index in [1.807, 2.05) is 11.8 Å². The van der Waals surface area contributed by atoms with Crippen molar-refractivity contribution in [3.63, 3.8) is 0 Å². The predicted octanol–water partition coefficient (Wildman–Crippen LogP) is 1.31. The van der Waals surface area contributed by atoms with Crippen LogP contribution >= 0.6 is 12.4 Å². The van der Waals surface area contributed by atoms with Gasteiger partial charge in [0.1, 0.15) is 6.61 Å². The normalized spacial score (nSPS) is 16.0. The fourth-order valence-corrected chi connectivity index (χ4v) is 2.25. The lowest BCUT2D eigenvalue weighted by molar-refractivity contribution is -0.138. The van der Waals surface area contributed by atoms with Crippen molar-refractivity contribution < 1.29 is 14.3 Å². The maximum absolute atomic E-state index is 11.9. The third kappa shape index (κ3) is 8.04. The Balaban J connectivity index is 0.00000361. The second kappa shape index (κ2) is 12.4. The minimum Gasteiger partial charge on any atom is -0.379 e. The first-order chi connectivity index (χ1) is 9.27. The zero-order valence-electron chi connectivity index (χ0n) is 12.7. The zero-order valence-corrected chi connectivity index (χ0v) is 13.5. The standard InChI is InChI=1S/C14H28N2O3.ClH/c1-3-15-11-13-5-7-16(8-6-13)14(17)12-19-10-9-18-4-2;/h13,15H,3-12H2,1-2H3;1H. The molecule has 0 saturated carbocycles. The van der Waals surface area contributed by atoms with Crippen molar-refractivity contribution in [1.29, 1.82) is 0 Å². The molecule has 0 aromatic heterocycles. The molecule has 1 heterocycles. The van der Waals surface area contributed by atoms with E-state index in [1.165, 1.54) is 0 Å². The summed E-state index contributed by atoms with van der Waals surface area (Å²) >= 11 is 0. The van der Waals surface area contributed by atoms with Crippen molar-refractivity contribution in [2.45, 2.75) is 26.7 Å². The van der Waals surface area contributed by atoms with Gasteiger partial charge in [0.15, 0.2) is 0 Å². The number of piperidine rings is 1. The first-order valence-electron chi connectivity index (χ1n) is 7.41. The van der Waals surface area contributed by atoms with Gasteiger partial charge in [0.2, 0.25) is 5.91 Å². The van der Waals surface area contributed by atoms with E-state index in [-0.39, 0.29) is 24.9 Å². The van der Waals surface area contributed by atoms with Crippen molar-refractivity contribution >= 4 is 18.3 Å². The van der Waals surface area contributed by atoms with Crippen LogP contribution in [0.25, 0.3) is 0 Å². The first kappa shape index (κ1) is 19.6. The van der Waals surface area contributed by atoms with Crippen LogP contribution in [-0.4, -0.2) is 63.4 Å². The number of nitrogens with one attached hydrogen (secondary N) is 1. The lowest BCUT2D eigenvalue weighted by Gasteiger charge is -2.32. The molecule has 1 N–H and O–H groups in total.